The van der Waals surface area contributed by atoms with Crippen molar-refractivity contribution in [3.05, 3.63) is 16.1 Å². The highest BCUT2D eigenvalue weighted by Gasteiger charge is 2.17. The van der Waals surface area contributed by atoms with Gasteiger partial charge in [-0.1, -0.05) is 26.7 Å². The van der Waals surface area contributed by atoms with E-state index < -0.39 is 0 Å². The van der Waals surface area contributed by atoms with Crippen molar-refractivity contribution in [2.45, 2.75) is 45.7 Å². The first-order chi connectivity index (χ1) is 6.93. The van der Waals surface area contributed by atoms with Crippen molar-refractivity contribution in [2.24, 2.45) is 0 Å². The lowest BCUT2D eigenvalue weighted by Gasteiger charge is -2.13. The largest absolute Gasteiger partial charge is 0.298 e. The van der Waals surface area contributed by atoms with Crippen LogP contribution in [0, 0.1) is 12.3 Å². The lowest BCUT2D eigenvalue weighted by atomic mass is 9.98. The number of nitrogens with zero attached hydrogens (tertiary/aromatic N) is 1. The molecule has 0 radical (unpaired) electrons. The second-order valence-electron chi connectivity index (χ2n) is 4.66. The molecule has 0 saturated carbocycles. The van der Waals surface area contributed by atoms with Gasteiger partial charge >= 0.3 is 0 Å². The minimum absolute atomic E-state index is 0.102. The lowest BCUT2D eigenvalue weighted by molar-refractivity contribution is 0.577. The molecule has 0 aliphatic carbocycles. The highest BCUT2D eigenvalue weighted by atomic mass is 32.1. The highest BCUT2D eigenvalue weighted by Crippen LogP contribution is 2.25. The minimum atomic E-state index is 0.102. The van der Waals surface area contributed by atoms with Gasteiger partial charge in [0.15, 0.2) is 0 Å². The van der Waals surface area contributed by atoms with Gasteiger partial charge in [0.25, 0.3) is 0 Å². The maximum atomic E-state index is 5.28. The molecule has 0 bridgehead atoms. The molecule has 1 rings (SSSR count). The van der Waals surface area contributed by atoms with Crippen LogP contribution < -0.4 is 5.32 Å². The topological polar surface area (TPSA) is 24.9 Å². The molecule has 0 fully saturated rings. The van der Waals surface area contributed by atoms with Gasteiger partial charge in [0.1, 0.15) is 0 Å². The number of rotatable bonds is 3. The van der Waals surface area contributed by atoms with Crippen LogP contribution in [0.4, 0.5) is 0 Å². The van der Waals surface area contributed by atoms with Crippen molar-refractivity contribution in [1.29, 1.82) is 0 Å². The Morgan fingerprint density at radius 1 is 1.60 bits per heavy atom. The second kappa shape index (κ2) is 4.78. The third kappa shape index (κ3) is 3.65. The van der Waals surface area contributed by atoms with Gasteiger partial charge in [-0.3, -0.25) is 5.32 Å². The van der Waals surface area contributed by atoms with Gasteiger partial charge < -0.3 is 0 Å². The lowest BCUT2D eigenvalue weighted by Crippen LogP contribution is -2.23. The van der Waals surface area contributed by atoms with Crippen LogP contribution >= 0.6 is 11.3 Å². The molecule has 1 atom stereocenters. The highest BCUT2D eigenvalue weighted by molar-refractivity contribution is 7.09. The molecule has 0 amide bonds. The van der Waals surface area contributed by atoms with Crippen LogP contribution in [-0.2, 0) is 12.0 Å². The average molecular weight is 222 g/mol. The first-order valence-electron chi connectivity index (χ1n) is 5.08. The van der Waals surface area contributed by atoms with E-state index in [-0.39, 0.29) is 11.5 Å². The summed E-state index contributed by atoms with van der Waals surface area (Å²) in [4.78, 5) is 4.58. The molecule has 1 aromatic heterocycles. The van der Waals surface area contributed by atoms with E-state index in [9.17, 15) is 0 Å². The monoisotopic (exact) mass is 222 g/mol. The van der Waals surface area contributed by atoms with Gasteiger partial charge in [0.2, 0.25) is 0 Å². The Labute approximate surface area is 96.1 Å². The summed E-state index contributed by atoms with van der Waals surface area (Å²) in [5, 5.41) is 6.49. The van der Waals surface area contributed by atoms with Gasteiger partial charge in [0.05, 0.1) is 16.7 Å². The van der Waals surface area contributed by atoms with E-state index in [2.05, 4.69) is 42.4 Å². The average Bonchev–Trinajstić information content (AvgIpc) is 2.61. The van der Waals surface area contributed by atoms with Crippen LogP contribution in [0.15, 0.2) is 5.38 Å². The predicted octanol–water partition coefficient (Wildman–Crippen LogP) is 2.55. The van der Waals surface area contributed by atoms with Crippen LogP contribution in [-0.4, -0.2) is 11.0 Å². The van der Waals surface area contributed by atoms with Crippen LogP contribution in [0.3, 0.4) is 0 Å². The maximum absolute atomic E-state index is 5.28. The van der Waals surface area contributed by atoms with Gasteiger partial charge in [-0.25, -0.2) is 4.98 Å². The van der Waals surface area contributed by atoms with Gasteiger partial charge in [-0.05, 0) is 6.92 Å². The van der Waals surface area contributed by atoms with Crippen LogP contribution in [0.1, 0.15) is 38.4 Å². The fourth-order valence-corrected chi connectivity index (χ4v) is 1.96. The molecule has 0 aliphatic heterocycles. The molecule has 2 nitrogen and oxygen atoms in total. The summed E-state index contributed by atoms with van der Waals surface area (Å²) in [6, 6.07) is 0.102. The number of terminal acetylenes is 1. The molecule has 0 spiro atoms. The molecule has 0 aliphatic rings. The molecule has 15 heavy (non-hydrogen) atoms. The summed E-state index contributed by atoms with van der Waals surface area (Å²) in [5.74, 6) is 2.64. The third-order valence-electron chi connectivity index (χ3n) is 2.03. The minimum Gasteiger partial charge on any atom is -0.298 e. The summed E-state index contributed by atoms with van der Waals surface area (Å²) in [6.07, 6.45) is 5.28. The van der Waals surface area contributed by atoms with Crippen molar-refractivity contribution in [3.8, 4) is 12.3 Å². The maximum Gasteiger partial charge on any atom is 0.0982 e. The first-order valence-corrected chi connectivity index (χ1v) is 5.96. The number of nitrogens with one attached hydrogen (secondary N) is 1. The Hall–Kier alpha value is -0.850. The summed E-state index contributed by atoms with van der Waals surface area (Å²) in [5.41, 5.74) is 1.22. The van der Waals surface area contributed by atoms with E-state index >= 15 is 0 Å². The number of hydrogen-bond donors (Lipinski definition) is 1. The fraction of sp³-hybridized carbons (Fsp3) is 0.583. The Balaban J connectivity index is 2.59. The van der Waals surface area contributed by atoms with Crippen molar-refractivity contribution in [2.75, 3.05) is 0 Å². The zero-order valence-corrected chi connectivity index (χ0v) is 10.6. The Morgan fingerprint density at radius 2 is 2.27 bits per heavy atom. The number of aromatic nitrogens is 1. The predicted molar refractivity (Wildman–Crippen MR) is 65.9 cm³/mol. The van der Waals surface area contributed by atoms with Gasteiger partial charge in [-0.2, -0.15) is 0 Å². The molecule has 0 saturated heterocycles. The standard InChI is InChI=1S/C12H18N2S/c1-6-9(2)13-7-10-8-15-11(14-10)12(3,4)5/h1,8-9,13H,7H2,2-5H3. The van der Waals surface area contributed by atoms with Crippen molar-refractivity contribution < 1.29 is 0 Å². The van der Waals surface area contributed by atoms with E-state index in [1.165, 1.54) is 5.01 Å². The van der Waals surface area contributed by atoms with E-state index in [0.717, 1.165) is 12.2 Å². The molecule has 1 heterocycles. The van der Waals surface area contributed by atoms with E-state index in [1.54, 1.807) is 11.3 Å². The first kappa shape index (κ1) is 12.2. The molecule has 0 aromatic carbocycles. The van der Waals surface area contributed by atoms with Crippen LogP contribution in [0.2, 0.25) is 0 Å². The Morgan fingerprint density at radius 3 is 2.73 bits per heavy atom. The number of thiazole rings is 1. The fourth-order valence-electron chi connectivity index (χ4n) is 1.05. The summed E-state index contributed by atoms with van der Waals surface area (Å²) >= 11 is 1.71. The molecule has 1 aromatic rings. The molecule has 1 N–H and O–H groups in total. The van der Waals surface area contributed by atoms with E-state index in [4.69, 9.17) is 6.42 Å². The van der Waals surface area contributed by atoms with Crippen molar-refractivity contribution >= 4 is 11.3 Å². The third-order valence-corrected chi connectivity index (χ3v) is 3.35. The summed E-state index contributed by atoms with van der Waals surface area (Å²) < 4.78 is 0. The Bertz CT molecular complexity index is 354. The van der Waals surface area contributed by atoms with Crippen LogP contribution in [0.5, 0.6) is 0 Å². The summed E-state index contributed by atoms with van der Waals surface area (Å²) in [6.45, 7) is 9.24. The summed E-state index contributed by atoms with van der Waals surface area (Å²) in [7, 11) is 0. The van der Waals surface area contributed by atoms with Gasteiger partial charge in [-0.15, -0.1) is 17.8 Å². The molecule has 3 heteroatoms. The van der Waals surface area contributed by atoms with Gasteiger partial charge in [0, 0.05) is 17.3 Å². The van der Waals surface area contributed by atoms with Crippen molar-refractivity contribution in [1.82, 2.24) is 10.3 Å². The van der Waals surface area contributed by atoms with Crippen LogP contribution in [0.25, 0.3) is 0 Å². The SMILES string of the molecule is C#CC(C)NCc1csc(C(C)(C)C)n1. The quantitative estimate of drug-likeness (QED) is 0.795. The molecule has 82 valence electrons. The smallest absolute Gasteiger partial charge is 0.0982 e. The normalized spacial score (nSPS) is 13.5. The van der Waals surface area contributed by atoms with E-state index in [1.807, 2.05) is 6.92 Å². The molecular weight excluding hydrogens is 204 g/mol. The molecule has 1 unspecified atom stereocenters. The molecular formula is C12H18N2S. The van der Waals surface area contributed by atoms with Crippen molar-refractivity contribution in [3.63, 3.8) is 0 Å². The van der Waals surface area contributed by atoms with E-state index in [0.29, 0.717) is 0 Å². The Kier molecular flexibility index (Phi) is 3.90. The zero-order valence-electron chi connectivity index (χ0n) is 9.79. The second-order valence-corrected chi connectivity index (χ2v) is 5.52. The number of hydrogen-bond acceptors (Lipinski definition) is 3. The zero-order chi connectivity index (χ0) is 11.5.